The topological polar surface area (TPSA) is 17.1 Å². The molecule has 4 heteroatoms. The molecule has 0 spiro atoms. The highest BCUT2D eigenvalue weighted by molar-refractivity contribution is 14.1. The second-order valence-corrected chi connectivity index (χ2v) is 7.23. The first-order chi connectivity index (χ1) is 7.68. The van der Waals surface area contributed by atoms with Crippen LogP contribution in [0.5, 0.6) is 0 Å². The summed E-state index contributed by atoms with van der Waals surface area (Å²) in [5.41, 5.74) is 0.870. The van der Waals surface area contributed by atoms with E-state index in [1.165, 1.54) is 12.8 Å². The Kier molecular flexibility index (Phi) is 4.73. The molecule has 86 valence electrons. The van der Waals surface area contributed by atoms with Crippen LogP contribution in [-0.4, -0.2) is 16.8 Å². The molecule has 2 rings (SSSR count). The summed E-state index contributed by atoms with van der Waals surface area (Å²) in [6.07, 6.45) is 3.48. The molecule has 0 saturated carbocycles. The number of rotatable bonds is 2. The lowest BCUT2D eigenvalue weighted by atomic mass is 10.0. The van der Waals surface area contributed by atoms with E-state index in [4.69, 9.17) is 0 Å². The molecule has 1 aromatic rings. The average molecular weight is 411 g/mol. The second-order valence-electron chi connectivity index (χ2n) is 3.84. The van der Waals surface area contributed by atoms with Gasteiger partial charge in [0.25, 0.3) is 0 Å². The van der Waals surface area contributed by atoms with Gasteiger partial charge in [-0.2, -0.15) is 11.8 Å². The zero-order valence-corrected chi connectivity index (χ0v) is 13.3. The third-order valence-electron chi connectivity index (χ3n) is 2.67. The van der Waals surface area contributed by atoms with Crippen molar-refractivity contribution in [2.24, 2.45) is 0 Å². The molecule has 1 unspecified atom stereocenters. The maximum atomic E-state index is 12.3. The van der Waals surface area contributed by atoms with Crippen molar-refractivity contribution >= 4 is 56.1 Å². The molecule has 0 amide bonds. The van der Waals surface area contributed by atoms with Gasteiger partial charge in [-0.1, -0.05) is 22.4 Å². The highest BCUT2D eigenvalue weighted by atomic mass is 127. The summed E-state index contributed by atoms with van der Waals surface area (Å²) in [7, 11) is 0. The SMILES string of the molecule is O=C(c1cc(Br)ccc1I)C1CCCCS1. The third-order valence-corrected chi connectivity index (χ3v) is 5.48. The molecule has 0 N–H and O–H groups in total. The molecule has 1 nitrogen and oxygen atoms in total. The standard InChI is InChI=1S/C12H12BrIOS/c13-8-4-5-10(14)9(7-8)12(15)11-3-1-2-6-16-11/h4-5,7,11H,1-3,6H2. The number of carbonyl (C=O) groups is 1. The number of Topliss-reactive ketones (excluding diaryl/α,β-unsaturated/α-hetero) is 1. The molecule has 1 aromatic carbocycles. The van der Waals surface area contributed by atoms with Crippen LogP contribution in [0.2, 0.25) is 0 Å². The average Bonchev–Trinajstić information content (AvgIpc) is 2.32. The summed E-state index contributed by atoms with van der Waals surface area (Å²) < 4.78 is 2.04. The van der Waals surface area contributed by atoms with Crippen LogP contribution in [-0.2, 0) is 0 Å². The van der Waals surface area contributed by atoms with Crippen molar-refractivity contribution in [2.45, 2.75) is 24.5 Å². The highest BCUT2D eigenvalue weighted by Gasteiger charge is 2.24. The third kappa shape index (κ3) is 3.01. The van der Waals surface area contributed by atoms with Gasteiger partial charge in [0.15, 0.2) is 5.78 Å². The van der Waals surface area contributed by atoms with E-state index < -0.39 is 0 Å². The molecule has 16 heavy (non-hydrogen) atoms. The lowest BCUT2D eigenvalue weighted by Crippen LogP contribution is -2.21. The van der Waals surface area contributed by atoms with Crippen molar-refractivity contribution in [3.8, 4) is 0 Å². The van der Waals surface area contributed by atoms with E-state index in [2.05, 4.69) is 38.5 Å². The lowest BCUT2D eigenvalue weighted by molar-refractivity contribution is 0.0984. The zero-order chi connectivity index (χ0) is 11.5. The van der Waals surface area contributed by atoms with Gasteiger partial charge in [0.05, 0.1) is 5.25 Å². The molecule has 1 aliphatic rings. The van der Waals surface area contributed by atoms with Crippen LogP contribution >= 0.6 is 50.3 Å². The van der Waals surface area contributed by atoms with Crippen LogP contribution in [0, 0.1) is 3.57 Å². The minimum atomic E-state index is 0.177. The van der Waals surface area contributed by atoms with Gasteiger partial charge in [-0.25, -0.2) is 0 Å². The number of carbonyl (C=O) groups excluding carboxylic acids is 1. The van der Waals surface area contributed by atoms with Gasteiger partial charge in [-0.05, 0) is 59.4 Å². The van der Waals surface area contributed by atoms with Gasteiger partial charge in [-0.15, -0.1) is 0 Å². The predicted octanol–water partition coefficient (Wildman–Crippen LogP) is 4.52. The van der Waals surface area contributed by atoms with Gasteiger partial charge >= 0.3 is 0 Å². The molecule has 0 bridgehead atoms. The molecule has 1 heterocycles. The van der Waals surface area contributed by atoms with Crippen molar-refractivity contribution in [1.29, 1.82) is 0 Å². The smallest absolute Gasteiger partial charge is 0.176 e. The fourth-order valence-corrected chi connectivity index (χ4v) is 4.04. The van der Waals surface area contributed by atoms with Crippen molar-refractivity contribution in [2.75, 3.05) is 5.75 Å². The molecule has 1 atom stereocenters. The van der Waals surface area contributed by atoms with E-state index in [-0.39, 0.29) is 5.25 Å². The monoisotopic (exact) mass is 410 g/mol. The first-order valence-corrected chi connectivity index (χ1v) is 8.21. The molecule has 0 aliphatic carbocycles. The summed E-state index contributed by atoms with van der Waals surface area (Å²) in [6.45, 7) is 0. The van der Waals surface area contributed by atoms with E-state index in [1.807, 2.05) is 30.0 Å². The number of hydrogen-bond acceptors (Lipinski definition) is 2. The highest BCUT2D eigenvalue weighted by Crippen LogP contribution is 2.30. The Hall–Kier alpha value is 0.450. The zero-order valence-electron chi connectivity index (χ0n) is 8.71. The summed E-state index contributed by atoms with van der Waals surface area (Å²) >= 11 is 7.48. The van der Waals surface area contributed by atoms with Crippen molar-refractivity contribution in [3.05, 3.63) is 31.8 Å². The predicted molar refractivity (Wildman–Crippen MR) is 81.3 cm³/mol. The molecule has 0 radical (unpaired) electrons. The molecule has 0 aromatic heterocycles. The molecule has 1 fully saturated rings. The minimum absolute atomic E-state index is 0.177. The number of halogens is 2. The van der Waals surface area contributed by atoms with Gasteiger partial charge in [0, 0.05) is 13.6 Å². The van der Waals surface area contributed by atoms with Gasteiger partial charge in [-0.3, -0.25) is 4.79 Å². The quantitative estimate of drug-likeness (QED) is 0.526. The van der Waals surface area contributed by atoms with Crippen molar-refractivity contribution < 1.29 is 4.79 Å². The van der Waals surface area contributed by atoms with Crippen LogP contribution in [0.25, 0.3) is 0 Å². The van der Waals surface area contributed by atoms with Crippen LogP contribution in [0.15, 0.2) is 22.7 Å². The normalized spacial score (nSPS) is 20.8. The van der Waals surface area contributed by atoms with Crippen LogP contribution < -0.4 is 0 Å². The van der Waals surface area contributed by atoms with E-state index >= 15 is 0 Å². The van der Waals surface area contributed by atoms with Gasteiger partial charge in [0.2, 0.25) is 0 Å². The van der Waals surface area contributed by atoms with Crippen molar-refractivity contribution in [3.63, 3.8) is 0 Å². The maximum Gasteiger partial charge on any atom is 0.176 e. The second kappa shape index (κ2) is 5.87. The Bertz CT molecular complexity index is 402. The number of thioether (sulfide) groups is 1. The summed E-state index contributed by atoms with van der Waals surface area (Å²) in [4.78, 5) is 12.3. The Balaban J connectivity index is 2.22. The Labute approximate surface area is 122 Å². The number of benzene rings is 1. The Morgan fingerprint density at radius 1 is 1.44 bits per heavy atom. The van der Waals surface area contributed by atoms with E-state index in [0.29, 0.717) is 5.78 Å². The lowest BCUT2D eigenvalue weighted by Gasteiger charge is -2.20. The number of hydrogen-bond donors (Lipinski definition) is 0. The Morgan fingerprint density at radius 2 is 2.25 bits per heavy atom. The first kappa shape index (κ1) is 12.9. The molecule has 1 saturated heterocycles. The van der Waals surface area contributed by atoms with Crippen LogP contribution in [0.3, 0.4) is 0 Å². The molecular weight excluding hydrogens is 399 g/mol. The van der Waals surface area contributed by atoms with Gasteiger partial charge in [0.1, 0.15) is 0 Å². The number of ketones is 1. The maximum absolute atomic E-state index is 12.3. The fraction of sp³-hybridized carbons (Fsp3) is 0.417. The van der Waals surface area contributed by atoms with E-state index in [9.17, 15) is 4.79 Å². The van der Waals surface area contributed by atoms with E-state index in [1.54, 1.807) is 0 Å². The summed E-state index contributed by atoms with van der Waals surface area (Å²) in [5.74, 6) is 1.43. The fourth-order valence-electron chi connectivity index (χ4n) is 1.81. The van der Waals surface area contributed by atoms with Crippen LogP contribution in [0.4, 0.5) is 0 Å². The summed E-state index contributed by atoms with van der Waals surface area (Å²) in [6, 6.07) is 5.91. The Morgan fingerprint density at radius 3 is 2.94 bits per heavy atom. The minimum Gasteiger partial charge on any atom is -0.293 e. The molecule has 1 aliphatic heterocycles. The summed E-state index contributed by atoms with van der Waals surface area (Å²) in [5, 5.41) is 0.177. The molecular formula is C12H12BrIOS. The van der Waals surface area contributed by atoms with Crippen LogP contribution in [0.1, 0.15) is 29.6 Å². The van der Waals surface area contributed by atoms with E-state index in [0.717, 1.165) is 25.8 Å². The van der Waals surface area contributed by atoms with Gasteiger partial charge < -0.3 is 0 Å². The van der Waals surface area contributed by atoms with Crippen molar-refractivity contribution in [1.82, 2.24) is 0 Å². The first-order valence-electron chi connectivity index (χ1n) is 5.29. The largest absolute Gasteiger partial charge is 0.293 e.